The molecule has 5 heteroatoms. The van der Waals surface area contributed by atoms with Gasteiger partial charge in [-0.25, -0.2) is 0 Å². The van der Waals surface area contributed by atoms with Crippen LogP contribution in [-0.4, -0.2) is 30.1 Å². The minimum Gasteiger partial charge on any atom is -0.480 e. The molecule has 0 bridgehead atoms. The summed E-state index contributed by atoms with van der Waals surface area (Å²) in [7, 11) is 0. The number of fused-ring (bicyclic) bond motifs is 1. The normalized spacial score (nSPS) is 14.8. The lowest BCUT2D eigenvalue weighted by molar-refractivity contribution is -0.135. The molecular formula is C13H16N2O3. The van der Waals surface area contributed by atoms with E-state index in [0.29, 0.717) is 13.0 Å². The van der Waals surface area contributed by atoms with E-state index in [2.05, 4.69) is 5.32 Å². The third-order valence-corrected chi connectivity index (χ3v) is 3.25. The summed E-state index contributed by atoms with van der Waals surface area (Å²) < 4.78 is 0. The van der Waals surface area contributed by atoms with E-state index in [1.54, 1.807) is 4.90 Å². The highest BCUT2D eigenvalue weighted by atomic mass is 16.4. The molecule has 18 heavy (non-hydrogen) atoms. The molecule has 2 rings (SSSR count). The minimum atomic E-state index is -0.895. The molecule has 0 saturated carbocycles. The minimum absolute atomic E-state index is 0.0714. The zero-order valence-corrected chi connectivity index (χ0v) is 10.5. The molecule has 1 aromatic rings. The number of hydrogen-bond acceptors (Lipinski definition) is 3. The predicted molar refractivity (Wildman–Crippen MR) is 69.0 cm³/mol. The average molecular weight is 248 g/mol. The van der Waals surface area contributed by atoms with Crippen LogP contribution < -0.4 is 10.2 Å². The maximum Gasteiger partial charge on any atom is 0.323 e. The monoisotopic (exact) mass is 248 g/mol. The van der Waals surface area contributed by atoms with Gasteiger partial charge in [0.25, 0.3) is 0 Å². The van der Waals surface area contributed by atoms with Crippen molar-refractivity contribution < 1.29 is 14.7 Å². The number of nitrogens with zero attached hydrogens (tertiary/aromatic N) is 1. The lowest BCUT2D eigenvalue weighted by Crippen LogP contribution is -2.30. The summed E-state index contributed by atoms with van der Waals surface area (Å²) in [5.74, 6) is -0.966. The van der Waals surface area contributed by atoms with Crippen LogP contribution in [0.3, 0.4) is 0 Å². The SMILES string of the molecule is Cc1ccc2c(c1C)NC(=O)CCN2CC(=O)O. The number of carbonyl (C=O) groups excluding carboxylic acids is 1. The number of rotatable bonds is 2. The lowest BCUT2D eigenvalue weighted by atomic mass is 10.1. The maximum atomic E-state index is 11.7. The summed E-state index contributed by atoms with van der Waals surface area (Å²) in [6, 6.07) is 3.81. The molecule has 5 nitrogen and oxygen atoms in total. The first-order valence-electron chi connectivity index (χ1n) is 5.86. The van der Waals surface area contributed by atoms with Crippen LogP contribution in [0, 0.1) is 13.8 Å². The van der Waals surface area contributed by atoms with Gasteiger partial charge in [-0.15, -0.1) is 0 Å². The fourth-order valence-electron chi connectivity index (χ4n) is 2.11. The first-order valence-corrected chi connectivity index (χ1v) is 5.86. The number of benzene rings is 1. The Bertz CT molecular complexity index is 511. The Labute approximate surface area is 105 Å². The standard InChI is InChI=1S/C13H16N2O3/c1-8-3-4-10-13(9(8)2)14-11(16)5-6-15(10)7-12(17)18/h3-4H,5-7H2,1-2H3,(H,14,16)(H,17,18). The van der Waals surface area contributed by atoms with Crippen LogP contribution in [0.2, 0.25) is 0 Å². The van der Waals surface area contributed by atoms with E-state index in [1.807, 2.05) is 26.0 Å². The van der Waals surface area contributed by atoms with E-state index in [1.165, 1.54) is 0 Å². The largest absolute Gasteiger partial charge is 0.480 e. The summed E-state index contributed by atoms with van der Waals surface area (Å²) in [4.78, 5) is 24.3. The molecule has 0 aliphatic carbocycles. The number of aryl methyl sites for hydroxylation is 1. The number of carbonyl (C=O) groups is 2. The number of aliphatic carboxylic acids is 1. The van der Waals surface area contributed by atoms with Crippen LogP contribution in [0.25, 0.3) is 0 Å². The van der Waals surface area contributed by atoms with Crippen LogP contribution in [0.5, 0.6) is 0 Å². The van der Waals surface area contributed by atoms with Gasteiger partial charge in [-0.1, -0.05) is 6.07 Å². The smallest absolute Gasteiger partial charge is 0.323 e. The Morgan fingerprint density at radius 1 is 1.44 bits per heavy atom. The third-order valence-electron chi connectivity index (χ3n) is 3.25. The highest BCUT2D eigenvalue weighted by Gasteiger charge is 2.22. The van der Waals surface area contributed by atoms with Gasteiger partial charge in [0.2, 0.25) is 5.91 Å². The van der Waals surface area contributed by atoms with Crippen LogP contribution in [0.1, 0.15) is 17.5 Å². The quantitative estimate of drug-likeness (QED) is 0.833. The van der Waals surface area contributed by atoms with E-state index >= 15 is 0 Å². The van der Waals surface area contributed by atoms with E-state index in [9.17, 15) is 9.59 Å². The second-order valence-electron chi connectivity index (χ2n) is 4.52. The molecule has 0 atom stereocenters. The molecule has 0 fully saturated rings. The molecule has 1 aliphatic heterocycles. The van der Waals surface area contributed by atoms with Gasteiger partial charge in [0.1, 0.15) is 6.54 Å². The van der Waals surface area contributed by atoms with Gasteiger partial charge in [-0.3, -0.25) is 9.59 Å². The van der Waals surface area contributed by atoms with E-state index in [0.717, 1.165) is 22.5 Å². The van der Waals surface area contributed by atoms with Gasteiger partial charge >= 0.3 is 5.97 Å². The zero-order chi connectivity index (χ0) is 13.3. The summed E-state index contributed by atoms with van der Waals surface area (Å²) in [5, 5.41) is 11.8. The molecule has 0 aromatic heterocycles. The van der Waals surface area contributed by atoms with Gasteiger partial charge < -0.3 is 15.3 Å². The molecule has 1 aliphatic rings. The van der Waals surface area contributed by atoms with Crippen molar-refractivity contribution in [1.29, 1.82) is 0 Å². The number of hydrogen-bond donors (Lipinski definition) is 2. The Hall–Kier alpha value is -2.04. The van der Waals surface area contributed by atoms with E-state index in [4.69, 9.17) is 5.11 Å². The van der Waals surface area contributed by atoms with Crippen molar-refractivity contribution in [3.05, 3.63) is 23.3 Å². The Morgan fingerprint density at radius 2 is 2.17 bits per heavy atom. The third kappa shape index (κ3) is 2.30. The van der Waals surface area contributed by atoms with Crippen molar-refractivity contribution in [3.63, 3.8) is 0 Å². The van der Waals surface area contributed by atoms with Gasteiger partial charge in [0.05, 0.1) is 11.4 Å². The van der Waals surface area contributed by atoms with Crippen LogP contribution in [0.15, 0.2) is 12.1 Å². The predicted octanol–water partition coefficient (Wildman–Crippen LogP) is 1.54. The fourth-order valence-corrected chi connectivity index (χ4v) is 2.11. The highest BCUT2D eigenvalue weighted by molar-refractivity contribution is 5.98. The number of amides is 1. The molecular weight excluding hydrogens is 232 g/mol. The van der Waals surface area contributed by atoms with Gasteiger partial charge in [0, 0.05) is 13.0 Å². The molecule has 0 radical (unpaired) electrons. The summed E-state index contributed by atoms with van der Waals surface area (Å²) in [6.07, 6.45) is 0.306. The van der Waals surface area contributed by atoms with Gasteiger partial charge in [-0.05, 0) is 31.0 Å². The topological polar surface area (TPSA) is 69.6 Å². The van der Waals surface area contributed by atoms with Crippen molar-refractivity contribution in [3.8, 4) is 0 Å². The van der Waals surface area contributed by atoms with Crippen molar-refractivity contribution in [2.75, 3.05) is 23.3 Å². The number of carboxylic acids is 1. The van der Waals surface area contributed by atoms with Crippen LogP contribution >= 0.6 is 0 Å². The molecule has 0 unspecified atom stereocenters. The van der Waals surface area contributed by atoms with Gasteiger partial charge in [-0.2, -0.15) is 0 Å². The average Bonchev–Trinajstić information content (AvgIpc) is 2.44. The van der Waals surface area contributed by atoms with E-state index in [-0.39, 0.29) is 12.5 Å². The number of anilines is 2. The Kier molecular flexibility index (Phi) is 3.23. The molecule has 96 valence electrons. The van der Waals surface area contributed by atoms with E-state index < -0.39 is 5.97 Å². The van der Waals surface area contributed by atoms with Crippen molar-refractivity contribution in [1.82, 2.24) is 0 Å². The summed E-state index contributed by atoms with van der Waals surface area (Å²) >= 11 is 0. The molecule has 2 N–H and O–H groups in total. The van der Waals surface area contributed by atoms with Crippen molar-refractivity contribution in [2.24, 2.45) is 0 Å². The molecule has 0 saturated heterocycles. The lowest BCUT2D eigenvalue weighted by Gasteiger charge is -2.23. The number of carboxylic acid groups (broad SMARTS) is 1. The van der Waals surface area contributed by atoms with Crippen molar-refractivity contribution >= 4 is 23.3 Å². The maximum absolute atomic E-state index is 11.7. The second kappa shape index (κ2) is 4.68. The first kappa shape index (κ1) is 12.4. The van der Waals surface area contributed by atoms with Crippen LogP contribution in [-0.2, 0) is 9.59 Å². The molecule has 0 spiro atoms. The summed E-state index contributed by atoms with van der Waals surface area (Å²) in [5.41, 5.74) is 3.58. The highest BCUT2D eigenvalue weighted by Crippen LogP contribution is 2.33. The summed E-state index contributed by atoms with van der Waals surface area (Å²) in [6.45, 7) is 4.23. The number of nitrogens with one attached hydrogen (secondary N) is 1. The Morgan fingerprint density at radius 3 is 2.83 bits per heavy atom. The zero-order valence-electron chi connectivity index (χ0n) is 10.5. The van der Waals surface area contributed by atoms with Crippen molar-refractivity contribution in [2.45, 2.75) is 20.3 Å². The van der Waals surface area contributed by atoms with Gasteiger partial charge in [0.15, 0.2) is 0 Å². The first-order chi connectivity index (χ1) is 8.49. The molecule has 1 heterocycles. The second-order valence-corrected chi connectivity index (χ2v) is 4.52. The Balaban J connectivity index is 2.48. The molecule has 1 amide bonds. The molecule has 1 aromatic carbocycles. The fraction of sp³-hybridized carbons (Fsp3) is 0.385. The van der Waals surface area contributed by atoms with Crippen LogP contribution in [0.4, 0.5) is 11.4 Å².